The number of anilines is 1. The number of carbonyl (C=O) groups is 2. The maximum absolute atomic E-state index is 13.0. The van der Waals surface area contributed by atoms with Crippen LogP contribution >= 0.6 is 0 Å². The molecule has 3 heterocycles. The monoisotopic (exact) mass is 356 g/mol. The fourth-order valence-corrected chi connectivity index (χ4v) is 3.82. The van der Waals surface area contributed by atoms with Crippen LogP contribution in [0.1, 0.15) is 24.4 Å². The largest absolute Gasteiger partial charge is 0.378 e. The molecule has 1 fully saturated rings. The van der Waals surface area contributed by atoms with Gasteiger partial charge in [0, 0.05) is 32.9 Å². The minimum Gasteiger partial charge on any atom is -0.378 e. The molecule has 0 radical (unpaired) electrons. The zero-order valence-corrected chi connectivity index (χ0v) is 15.1. The fourth-order valence-electron chi connectivity index (χ4n) is 3.82. The molecule has 138 valence electrons. The summed E-state index contributed by atoms with van der Waals surface area (Å²) in [5, 5.41) is 5.71. The lowest BCUT2D eigenvalue weighted by Gasteiger charge is -2.26. The van der Waals surface area contributed by atoms with E-state index in [1.807, 2.05) is 43.3 Å². The Balaban J connectivity index is 1.58. The fraction of sp³-hybridized carbons (Fsp3) is 0.474. The number of rotatable bonds is 4. The number of urea groups is 1. The van der Waals surface area contributed by atoms with Crippen LogP contribution in [-0.4, -0.2) is 56.7 Å². The number of nitrogens with one attached hydrogen (secondary N) is 2. The van der Waals surface area contributed by atoms with Crippen LogP contribution in [0.15, 0.2) is 35.5 Å². The molecule has 0 spiro atoms. The molecule has 3 aliphatic heterocycles. The summed E-state index contributed by atoms with van der Waals surface area (Å²) >= 11 is 0. The molecule has 0 aliphatic carbocycles. The third-order valence-corrected chi connectivity index (χ3v) is 5.21. The van der Waals surface area contributed by atoms with E-state index in [4.69, 9.17) is 4.74 Å². The van der Waals surface area contributed by atoms with Gasteiger partial charge in [-0.05, 0) is 30.5 Å². The Kier molecular flexibility index (Phi) is 4.32. The molecule has 0 saturated carbocycles. The highest BCUT2D eigenvalue weighted by Gasteiger charge is 2.41. The predicted molar refractivity (Wildman–Crippen MR) is 97.8 cm³/mol. The van der Waals surface area contributed by atoms with E-state index in [1.165, 1.54) is 0 Å². The first kappa shape index (κ1) is 16.9. The summed E-state index contributed by atoms with van der Waals surface area (Å²) in [4.78, 5) is 28.9. The highest BCUT2D eigenvalue weighted by Crippen LogP contribution is 2.33. The van der Waals surface area contributed by atoms with Crippen molar-refractivity contribution in [3.63, 3.8) is 0 Å². The summed E-state index contributed by atoms with van der Waals surface area (Å²) in [5.41, 5.74) is 3.32. The maximum Gasteiger partial charge on any atom is 0.319 e. The molecule has 3 amide bonds. The Bertz CT molecular complexity index is 751. The molecule has 3 aliphatic rings. The lowest BCUT2D eigenvalue weighted by atomic mass is 9.96. The van der Waals surface area contributed by atoms with Crippen LogP contribution in [0, 0.1) is 0 Å². The van der Waals surface area contributed by atoms with Gasteiger partial charge in [0.05, 0.1) is 30.0 Å². The molecule has 2 atom stereocenters. The van der Waals surface area contributed by atoms with Crippen molar-refractivity contribution in [3.8, 4) is 0 Å². The van der Waals surface area contributed by atoms with Gasteiger partial charge in [-0.15, -0.1) is 0 Å². The zero-order valence-electron chi connectivity index (χ0n) is 15.1. The number of hydrogen-bond donors (Lipinski definition) is 2. The predicted octanol–water partition coefficient (Wildman–Crippen LogP) is 1.38. The molecule has 0 bridgehead atoms. The van der Waals surface area contributed by atoms with Gasteiger partial charge in [-0.2, -0.15) is 0 Å². The lowest BCUT2D eigenvalue weighted by Crippen LogP contribution is -2.44. The molecule has 1 aromatic carbocycles. The maximum atomic E-state index is 13.0. The van der Waals surface area contributed by atoms with Crippen molar-refractivity contribution in [2.75, 3.05) is 38.7 Å². The standard InChI is InChI=1S/C19H24N4O3/c1-22(2)13-7-5-12(6-8-13)17-16-15(20-19(25)21-17)11-23(18(16)24)10-14-4-3-9-26-14/h5-8,14,17H,3-4,9-11H2,1-2H3,(H2,20,21,25)/t14-,17+/m1/s1. The van der Waals surface area contributed by atoms with Gasteiger partial charge < -0.3 is 25.2 Å². The Morgan fingerprint density at radius 2 is 2.00 bits per heavy atom. The van der Waals surface area contributed by atoms with Crippen LogP contribution in [-0.2, 0) is 9.53 Å². The van der Waals surface area contributed by atoms with Crippen LogP contribution in [0.4, 0.5) is 10.5 Å². The van der Waals surface area contributed by atoms with Gasteiger partial charge in [0.1, 0.15) is 0 Å². The summed E-state index contributed by atoms with van der Waals surface area (Å²) in [7, 11) is 3.96. The summed E-state index contributed by atoms with van der Waals surface area (Å²) in [6, 6.07) is 7.23. The molecule has 1 saturated heterocycles. The number of hydrogen-bond acceptors (Lipinski definition) is 4. The summed E-state index contributed by atoms with van der Waals surface area (Å²) in [5.74, 6) is -0.0234. The number of nitrogens with zero attached hydrogens (tertiary/aromatic N) is 2. The van der Waals surface area contributed by atoms with Crippen molar-refractivity contribution in [3.05, 3.63) is 41.1 Å². The van der Waals surface area contributed by atoms with Gasteiger partial charge in [-0.3, -0.25) is 4.79 Å². The summed E-state index contributed by atoms with van der Waals surface area (Å²) in [6.45, 7) is 1.78. The van der Waals surface area contributed by atoms with Gasteiger partial charge >= 0.3 is 6.03 Å². The van der Waals surface area contributed by atoms with E-state index in [9.17, 15) is 9.59 Å². The van der Waals surface area contributed by atoms with Crippen molar-refractivity contribution < 1.29 is 14.3 Å². The van der Waals surface area contributed by atoms with E-state index in [2.05, 4.69) is 10.6 Å². The number of benzene rings is 1. The highest BCUT2D eigenvalue weighted by atomic mass is 16.5. The lowest BCUT2D eigenvalue weighted by molar-refractivity contribution is -0.127. The van der Waals surface area contributed by atoms with Crippen molar-refractivity contribution in [2.45, 2.75) is 25.0 Å². The van der Waals surface area contributed by atoms with Crippen LogP contribution in [0.25, 0.3) is 0 Å². The molecule has 7 nitrogen and oxygen atoms in total. The molecule has 26 heavy (non-hydrogen) atoms. The Labute approximate surface area is 153 Å². The zero-order chi connectivity index (χ0) is 18.3. The van der Waals surface area contributed by atoms with E-state index in [0.29, 0.717) is 24.4 Å². The van der Waals surface area contributed by atoms with E-state index in [1.54, 1.807) is 4.90 Å². The Hall–Kier alpha value is -2.54. The molecule has 2 N–H and O–H groups in total. The normalized spacial score (nSPS) is 25.2. The average molecular weight is 356 g/mol. The number of carbonyl (C=O) groups excluding carboxylic acids is 2. The van der Waals surface area contributed by atoms with E-state index in [0.717, 1.165) is 30.7 Å². The average Bonchev–Trinajstić information content (AvgIpc) is 3.23. The third-order valence-electron chi connectivity index (χ3n) is 5.21. The van der Waals surface area contributed by atoms with Crippen molar-refractivity contribution in [2.24, 2.45) is 0 Å². The summed E-state index contributed by atoms with van der Waals surface area (Å²) < 4.78 is 5.66. The minimum absolute atomic E-state index is 0.0234. The second-order valence-corrected chi connectivity index (χ2v) is 7.23. The van der Waals surface area contributed by atoms with Crippen molar-refractivity contribution in [1.82, 2.24) is 15.5 Å². The van der Waals surface area contributed by atoms with E-state index >= 15 is 0 Å². The minimum atomic E-state index is -0.419. The van der Waals surface area contributed by atoms with Crippen LogP contribution in [0.3, 0.4) is 0 Å². The highest BCUT2D eigenvalue weighted by molar-refractivity contribution is 6.01. The Morgan fingerprint density at radius 1 is 1.23 bits per heavy atom. The van der Waals surface area contributed by atoms with Crippen molar-refractivity contribution in [1.29, 1.82) is 0 Å². The number of ether oxygens (including phenoxy) is 1. The first-order valence-corrected chi connectivity index (χ1v) is 9.01. The first-order chi connectivity index (χ1) is 12.5. The molecular formula is C19H24N4O3. The molecule has 0 unspecified atom stereocenters. The van der Waals surface area contributed by atoms with E-state index in [-0.39, 0.29) is 18.0 Å². The Morgan fingerprint density at radius 3 is 2.65 bits per heavy atom. The second-order valence-electron chi connectivity index (χ2n) is 7.23. The van der Waals surface area contributed by atoms with Gasteiger partial charge in [0.25, 0.3) is 5.91 Å². The van der Waals surface area contributed by atoms with Crippen molar-refractivity contribution >= 4 is 17.6 Å². The van der Waals surface area contributed by atoms with E-state index < -0.39 is 6.04 Å². The van der Waals surface area contributed by atoms with Gasteiger partial charge in [0.2, 0.25) is 0 Å². The molecular weight excluding hydrogens is 332 g/mol. The summed E-state index contributed by atoms with van der Waals surface area (Å²) in [6.07, 6.45) is 2.12. The van der Waals surface area contributed by atoms with Gasteiger partial charge in [0.15, 0.2) is 0 Å². The van der Waals surface area contributed by atoms with Crippen LogP contribution < -0.4 is 15.5 Å². The SMILES string of the molecule is CN(C)c1ccc([C@@H]2NC(=O)NC3=C2C(=O)N(C[C@H]2CCCO2)C3)cc1. The van der Waals surface area contributed by atoms with Crippen LogP contribution in [0.2, 0.25) is 0 Å². The molecule has 7 heteroatoms. The molecule has 1 aromatic rings. The second kappa shape index (κ2) is 6.64. The third kappa shape index (κ3) is 3.03. The van der Waals surface area contributed by atoms with Crippen LogP contribution in [0.5, 0.6) is 0 Å². The number of amides is 3. The molecule has 4 rings (SSSR count). The molecule has 0 aromatic heterocycles. The quantitative estimate of drug-likeness (QED) is 0.855. The first-order valence-electron chi connectivity index (χ1n) is 9.01. The smallest absolute Gasteiger partial charge is 0.319 e. The topological polar surface area (TPSA) is 73.9 Å². The van der Waals surface area contributed by atoms with Gasteiger partial charge in [-0.1, -0.05) is 12.1 Å². The van der Waals surface area contributed by atoms with Gasteiger partial charge in [-0.25, -0.2) is 4.79 Å².